The molecule has 0 aliphatic rings. The van der Waals surface area contributed by atoms with Gasteiger partial charge in [-0.3, -0.25) is 9.59 Å². The minimum atomic E-state index is -0.599. The Hall–Kier alpha value is -2.46. The van der Waals surface area contributed by atoms with Crippen LogP contribution in [0.1, 0.15) is 27.5 Å². The molecule has 1 atom stereocenters. The Kier molecular flexibility index (Phi) is 4.27. The van der Waals surface area contributed by atoms with Crippen molar-refractivity contribution in [1.82, 2.24) is 5.32 Å². The predicted molar refractivity (Wildman–Crippen MR) is 77.3 cm³/mol. The largest absolute Gasteiger partial charge is 0.368 e. The number of benzene rings is 2. The van der Waals surface area contributed by atoms with Gasteiger partial charge in [0.15, 0.2) is 5.78 Å². The average molecular weight is 268 g/mol. The second-order valence-electron chi connectivity index (χ2n) is 4.44. The molecule has 0 bridgehead atoms. The zero-order valence-corrected chi connectivity index (χ0v) is 11.2. The van der Waals surface area contributed by atoms with E-state index in [2.05, 4.69) is 5.32 Å². The first-order valence-corrected chi connectivity index (χ1v) is 6.29. The molecule has 0 spiro atoms. The second-order valence-corrected chi connectivity index (χ2v) is 4.44. The standard InChI is InChI=1S/C16H16N2O2/c1-18-14(16(17)20)12-8-5-9-13(10-12)15(19)11-6-3-2-4-7-11/h2-10,14,18H,1H3,(H2,17,20). The molecule has 0 saturated heterocycles. The highest BCUT2D eigenvalue weighted by atomic mass is 16.1. The van der Waals surface area contributed by atoms with E-state index in [1.165, 1.54) is 0 Å². The third-order valence-corrected chi connectivity index (χ3v) is 3.09. The maximum absolute atomic E-state index is 12.3. The zero-order chi connectivity index (χ0) is 14.5. The van der Waals surface area contributed by atoms with Crippen LogP contribution >= 0.6 is 0 Å². The van der Waals surface area contributed by atoms with E-state index >= 15 is 0 Å². The van der Waals surface area contributed by atoms with Crippen LogP contribution in [0.3, 0.4) is 0 Å². The molecule has 0 aliphatic carbocycles. The number of amides is 1. The van der Waals surface area contributed by atoms with E-state index in [1.807, 2.05) is 18.2 Å². The molecular formula is C16H16N2O2. The van der Waals surface area contributed by atoms with E-state index in [9.17, 15) is 9.59 Å². The maximum atomic E-state index is 12.3. The number of hydrogen-bond acceptors (Lipinski definition) is 3. The molecular weight excluding hydrogens is 252 g/mol. The minimum absolute atomic E-state index is 0.0771. The van der Waals surface area contributed by atoms with Crippen molar-refractivity contribution < 1.29 is 9.59 Å². The highest BCUT2D eigenvalue weighted by Gasteiger charge is 2.17. The molecule has 20 heavy (non-hydrogen) atoms. The fourth-order valence-corrected chi connectivity index (χ4v) is 2.09. The molecule has 0 fully saturated rings. The molecule has 102 valence electrons. The third kappa shape index (κ3) is 2.92. The van der Waals surface area contributed by atoms with Gasteiger partial charge in [0.2, 0.25) is 5.91 Å². The highest BCUT2D eigenvalue weighted by Crippen LogP contribution is 2.17. The van der Waals surface area contributed by atoms with Gasteiger partial charge < -0.3 is 11.1 Å². The van der Waals surface area contributed by atoms with Crippen LogP contribution in [0.5, 0.6) is 0 Å². The lowest BCUT2D eigenvalue weighted by Gasteiger charge is -2.13. The van der Waals surface area contributed by atoms with Crippen molar-refractivity contribution in [3.05, 3.63) is 71.3 Å². The Morgan fingerprint density at radius 3 is 2.25 bits per heavy atom. The van der Waals surface area contributed by atoms with Gasteiger partial charge in [-0.1, -0.05) is 48.5 Å². The first-order valence-electron chi connectivity index (χ1n) is 6.29. The lowest BCUT2D eigenvalue weighted by Crippen LogP contribution is -2.31. The van der Waals surface area contributed by atoms with Crippen LogP contribution in [0.2, 0.25) is 0 Å². The summed E-state index contributed by atoms with van der Waals surface area (Å²) in [5, 5.41) is 2.84. The Bertz CT molecular complexity index is 623. The lowest BCUT2D eigenvalue weighted by atomic mass is 9.98. The third-order valence-electron chi connectivity index (χ3n) is 3.09. The second kappa shape index (κ2) is 6.12. The number of hydrogen-bond donors (Lipinski definition) is 2. The molecule has 0 radical (unpaired) electrons. The van der Waals surface area contributed by atoms with E-state index in [4.69, 9.17) is 5.73 Å². The summed E-state index contributed by atoms with van der Waals surface area (Å²) in [6.45, 7) is 0. The van der Waals surface area contributed by atoms with Crippen molar-refractivity contribution in [1.29, 1.82) is 0 Å². The van der Waals surface area contributed by atoms with Gasteiger partial charge in [-0.05, 0) is 18.7 Å². The van der Waals surface area contributed by atoms with E-state index in [1.54, 1.807) is 43.4 Å². The van der Waals surface area contributed by atoms with Gasteiger partial charge in [0.1, 0.15) is 6.04 Å². The Morgan fingerprint density at radius 1 is 1.00 bits per heavy atom. The molecule has 0 aromatic heterocycles. The first-order chi connectivity index (χ1) is 9.63. The van der Waals surface area contributed by atoms with Gasteiger partial charge >= 0.3 is 0 Å². The van der Waals surface area contributed by atoms with Crippen molar-refractivity contribution in [3.63, 3.8) is 0 Å². The Balaban J connectivity index is 2.35. The van der Waals surface area contributed by atoms with Crippen LogP contribution in [0.4, 0.5) is 0 Å². The van der Waals surface area contributed by atoms with Gasteiger partial charge in [0, 0.05) is 11.1 Å². The molecule has 3 N–H and O–H groups in total. The smallest absolute Gasteiger partial charge is 0.239 e. The van der Waals surface area contributed by atoms with Crippen LogP contribution < -0.4 is 11.1 Å². The molecule has 2 aromatic carbocycles. The number of rotatable bonds is 5. The van der Waals surface area contributed by atoms with Gasteiger partial charge in [0.25, 0.3) is 0 Å². The predicted octanol–water partition coefficient (Wildman–Crippen LogP) is 1.66. The summed E-state index contributed by atoms with van der Waals surface area (Å²) in [5.41, 5.74) is 7.17. The van der Waals surface area contributed by atoms with Gasteiger partial charge in [0.05, 0.1) is 0 Å². The van der Waals surface area contributed by atoms with Gasteiger partial charge in [-0.2, -0.15) is 0 Å². The fraction of sp³-hybridized carbons (Fsp3) is 0.125. The van der Waals surface area contributed by atoms with E-state index in [-0.39, 0.29) is 5.78 Å². The summed E-state index contributed by atoms with van der Waals surface area (Å²) in [4.78, 5) is 23.7. The van der Waals surface area contributed by atoms with E-state index < -0.39 is 11.9 Å². The van der Waals surface area contributed by atoms with Crippen LogP contribution in [-0.2, 0) is 4.79 Å². The van der Waals surface area contributed by atoms with E-state index in [0.29, 0.717) is 16.7 Å². The molecule has 4 nitrogen and oxygen atoms in total. The monoisotopic (exact) mass is 268 g/mol. The van der Waals surface area contributed by atoms with Crippen LogP contribution in [-0.4, -0.2) is 18.7 Å². The van der Waals surface area contributed by atoms with Crippen molar-refractivity contribution in [3.8, 4) is 0 Å². The van der Waals surface area contributed by atoms with Crippen molar-refractivity contribution in [2.75, 3.05) is 7.05 Å². The first kappa shape index (κ1) is 14.0. The summed E-state index contributed by atoms with van der Waals surface area (Å²) in [5.74, 6) is -0.552. The molecule has 0 saturated carbocycles. The van der Waals surface area contributed by atoms with Crippen molar-refractivity contribution in [2.45, 2.75) is 6.04 Å². The summed E-state index contributed by atoms with van der Waals surface area (Å²) in [6.07, 6.45) is 0. The number of nitrogens with two attached hydrogens (primary N) is 1. The van der Waals surface area contributed by atoms with Crippen LogP contribution in [0, 0.1) is 0 Å². The van der Waals surface area contributed by atoms with Crippen molar-refractivity contribution in [2.24, 2.45) is 5.73 Å². The molecule has 1 amide bonds. The number of ketones is 1. The quantitative estimate of drug-likeness (QED) is 0.810. The van der Waals surface area contributed by atoms with Crippen LogP contribution in [0.25, 0.3) is 0 Å². The summed E-state index contributed by atoms with van der Waals surface area (Å²) in [6, 6.07) is 15.4. The minimum Gasteiger partial charge on any atom is -0.368 e. The van der Waals surface area contributed by atoms with E-state index in [0.717, 1.165) is 0 Å². The number of nitrogens with one attached hydrogen (secondary N) is 1. The fourth-order valence-electron chi connectivity index (χ4n) is 2.09. The number of carbonyl (C=O) groups excluding carboxylic acids is 2. The van der Waals surface area contributed by atoms with Gasteiger partial charge in [-0.15, -0.1) is 0 Å². The molecule has 0 heterocycles. The molecule has 1 unspecified atom stereocenters. The average Bonchev–Trinajstić information content (AvgIpc) is 2.48. The Morgan fingerprint density at radius 2 is 1.65 bits per heavy atom. The summed E-state index contributed by atoms with van der Waals surface area (Å²) < 4.78 is 0. The molecule has 0 aliphatic heterocycles. The lowest BCUT2D eigenvalue weighted by molar-refractivity contribution is -0.120. The highest BCUT2D eigenvalue weighted by molar-refractivity contribution is 6.09. The zero-order valence-electron chi connectivity index (χ0n) is 11.2. The summed E-state index contributed by atoms with van der Waals surface area (Å²) in [7, 11) is 1.65. The topological polar surface area (TPSA) is 72.2 Å². The maximum Gasteiger partial charge on any atom is 0.239 e. The molecule has 4 heteroatoms. The number of likely N-dealkylation sites (N-methyl/N-ethyl adjacent to an activating group) is 1. The van der Waals surface area contributed by atoms with Crippen LogP contribution in [0.15, 0.2) is 54.6 Å². The van der Waals surface area contributed by atoms with Gasteiger partial charge in [-0.25, -0.2) is 0 Å². The normalized spacial score (nSPS) is 11.8. The number of carbonyl (C=O) groups is 2. The molecule has 2 aromatic rings. The summed E-state index contributed by atoms with van der Waals surface area (Å²) >= 11 is 0. The molecule has 2 rings (SSSR count). The van der Waals surface area contributed by atoms with Crippen molar-refractivity contribution >= 4 is 11.7 Å². The SMILES string of the molecule is CNC(C(N)=O)c1cccc(C(=O)c2ccccc2)c1. The Labute approximate surface area is 117 Å². The number of primary amides is 1.